The summed E-state index contributed by atoms with van der Waals surface area (Å²) in [6, 6.07) is 15.9. The summed E-state index contributed by atoms with van der Waals surface area (Å²) in [7, 11) is 0. The Hall–Kier alpha value is -2.29. The fraction of sp³-hybridized carbons (Fsp3) is 0.235. The lowest BCUT2D eigenvalue weighted by atomic mass is 10.2. The second-order valence-electron chi connectivity index (χ2n) is 4.96. The Labute approximate surface area is 120 Å². The van der Waals surface area contributed by atoms with Crippen LogP contribution in [0.4, 0.5) is 11.4 Å². The maximum atomic E-state index is 11.8. The molecule has 0 saturated heterocycles. The Balaban J connectivity index is 1.78. The molecule has 2 aromatic rings. The quantitative estimate of drug-likeness (QED) is 0.867. The molecule has 20 heavy (non-hydrogen) atoms. The molecule has 0 fully saturated rings. The number of carbonyl (C=O) groups excluding carboxylic acids is 1. The Bertz CT molecular complexity index is 593. The van der Waals surface area contributed by atoms with Crippen LogP contribution in [0.25, 0.3) is 0 Å². The zero-order valence-electron chi connectivity index (χ0n) is 11.9. The van der Waals surface area contributed by atoms with Gasteiger partial charge in [-0.25, -0.2) is 0 Å². The molecule has 2 aromatic carbocycles. The van der Waals surface area contributed by atoms with Crippen LogP contribution in [0.3, 0.4) is 0 Å². The minimum Gasteiger partial charge on any atom is -0.385 e. The molecule has 2 N–H and O–H groups in total. The highest BCUT2D eigenvalue weighted by molar-refractivity contribution is 5.91. The van der Waals surface area contributed by atoms with Crippen molar-refractivity contribution in [3.8, 4) is 0 Å². The Morgan fingerprint density at radius 1 is 0.950 bits per heavy atom. The summed E-state index contributed by atoms with van der Waals surface area (Å²) < 4.78 is 0. The SMILES string of the molecule is Cc1cccc(NCCC(=O)Nc2cccc(C)c2)c1. The van der Waals surface area contributed by atoms with Gasteiger partial charge in [-0.3, -0.25) is 4.79 Å². The zero-order valence-corrected chi connectivity index (χ0v) is 11.9. The van der Waals surface area contributed by atoms with Gasteiger partial charge >= 0.3 is 0 Å². The average molecular weight is 268 g/mol. The van der Waals surface area contributed by atoms with E-state index in [1.165, 1.54) is 5.56 Å². The molecule has 0 aromatic heterocycles. The molecular weight excluding hydrogens is 248 g/mol. The summed E-state index contributed by atoms with van der Waals surface area (Å²) in [6.07, 6.45) is 0.446. The van der Waals surface area contributed by atoms with Crippen molar-refractivity contribution in [1.82, 2.24) is 0 Å². The summed E-state index contributed by atoms with van der Waals surface area (Å²) in [5.41, 5.74) is 4.25. The van der Waals surface area contributed by atoms with Crippen molar-refractivity contribution in [1.29, 1.82) is 0 Å². The van der Waals surface area contributed by atoms with Gasteiger partial charge in [-0.1, -0.05) is 24.3 Å². The molecule has 104 valence electrons. The van der Waals surface area contributed by atoms with Crippen LogP contribution in [0.15, 0.2) is 48.5 Å². The van der Waals surface area contributed by atoms with E-state index in [-0.39, 0.29) is 5.91 Å². The molecule has 0 heterocycles. The van der Waals surface area contributed by atoms with E-state index in [4.69, 9.17) is 0 Å². The summed E-state index contributed by atoms with van der Waals surface area (Å²) in [6.45, 7) is 4.69. The van der Waals surface area contributed by atoms with Crippen LogP contribution in [0.5, 0.6) is 0 Å². The van der Waals surface area contributed by atoms with Crippen LogP contribution >= 0.6 is 0 Å². The van der Waals surface area contributed by atoms with E-state index >= 15 is 0 Å². The molecule has 3 nitrogen and oxygen atoms in total. The van der Waals surface area contributed by atoms with Crippen molar-refractivity contribution in [3.05, 3.63) is 59.7 Å². The van der Waals surface area contributed by atoms with Crippen LogP contribution in [0, 0.1) is 13.8 Å². The Morgan fingerprint density at radius 3 is 2.20 bits per heavy atom. The lowest BCUT2D eigenvalue weighted by Crippen LogP contribution is -2.16. The summed E-state index contributed by atoms with van der Waals surface area (Å²) in [5, 5.41) is 6.15. The van der Waals surface area contributed by atoms with Gasteiger partial charge in [-0.2, -0.15) is 0 Å². The first kappa shape index (κ1) is 14.1. The second kappa shape index (κ2) is 6.75. The van der Waals surface area contributed by atoms with Gasteiger partial charge in [0.25, 0.3) is 0 Å². The van der Waals surface area contributed by atoms with Gasteiger partial charge in [0.1, 0.15) is 0 Å². The smallest absolute Gasteiger partial charge is 0.226 e. The first-order chi connectivity index (χ1) is 9.63. The molecule has 0 aliphatic carbocycles. The van der Waals surface area contributed by atoms with E-state index in [0.29, 0.717) is 13.0 Å². The number of hydrogen-bond acceptors (Lipinski definition) is 2. The van der Waals surface area contributed by atoms with E-state index < -0.39 is 0 Å². The number of rotatable bonds is 5. The van der Waals surface area contributed by atoms with Crippen LogP contribution in [-0.4, -0.2) is 12.5 Å². The molecule has 0 bridgehead atoms. The average Bonchev–Trinajstić information content (AvgIpc) is 2.38. The number of aryl methyl sites for hydroxylation is 2. The lowest BCUT2D eigenvalue weighted by molar-refractivity contribution is -0.115. The normalized spacial score (nSPS) is 10.1. The molecule has 0 spiro atoms. The van der Waals surface area contributed by atoms with Crippen LogP contribution < -0.4 is 10.6 Å². The van der Waals surface area contributed by atoms with Gasteiger partial charge < -0.3 is 10.6 Å². The van der Waals surface area contributed by atoms with Crippen molar-refractivity contribution < 1.29 is 4.79 Å². The van der Waals surface area contributed by atoms with E-state index in [9.17, 15) is 4.79 Å². The molecule has 0 aliphatic heterocycles. The molecule has 0 saturated carbocycles. The third-order valence-electron chi connectivity index (χ3n) is 3.00. The highest BCUT2D eigenvalue weighted by Crippen LogP contribution is 2.11. The standard InChI is InChI=1S/C17H20N2O/c1-13-5-3-7-15(11-13)18-10-9-17(20)19-16-8-4-6-14(2)12-16/h3-8,11-12,18H,9-10H2,1-2H3,(H,19,20). The Kier molecular flexibility index (Phi) is 4.77. The largest absolute Gasteiger partial charge is 0.385 e. The fourth-order valence-corrected chi connectivity index (χ4v) is 2.02. The lowest BCUT2D eigenvalue weighted by Gasteiger charge is -2.08. The van der Waals surface area contributed by atoms with Gasteiger partial charge in [-0.05, 0) is 49.2 Å². The third kappa shape index (κ3) is 4.43. The fourth-order valence-electron chi connectivity index (χ4n) is 2.02. The molecule has 2 rings (SSSR count). The van der Waals surface area contributed by atoms with E-state index in [0.717, 1.165) is 16.9 Å². The van der Waals surface area contributed by atoms with E-state index in [1.54, 1.807) is 0 Å². The highest BCUT2D eigenvalue weighted by Gasteiger charge is 2.02. The van der Waals surface area contributed by atoms with Crippen molar-refractivity contribution in [2.24, 2.45) is 0 Å². The summed E-state index contributed by atoms with van der Waals surface area (Å²) in [5.74, 6) is 0.0238. The molecule has 0 aliphatic rings. The number of nitrogens with one attached hydrogen (secondary N) is 2. The molecule has 0 atom stereocenters. The summed E-state index contributed by atoms with van der Waals surface area (Å²) >= 11 is 0. The molecular formula is C17H20N2O. The van der Waals surface area contributed by atoms with Gasteiger partial charge in [0.2, 0.25) is 5.91 Å². The highest BCUT2D eigenvalue weighted by atomic mass is 16.1. The van der Waals surface area contributed by atoms with E-state index in [1.807, 2.05) is 43.3 Å². The van der Waals surface area contributed by atoms with E-state index in [2.05, 4.69) is 29.7 Å². The minimum absolute atomic E-state index is 0.0238. The summed E-state index contributed by atoms with van der Waals surface area (Å²) in [4.78, 5) is 11.8. The molecule has 3 heteroatoms. The predicted octanol–water partition coefficient (Wildman–Crippen LogP) is 3.74. The number of hydrogen-bond donors (Lipinski definition) is 2. The number of anilines is 2. The maximum Gasteiger partial charge on any atom is 0.226 e. The van der Waals surface area contributed by atoms with Gasteiger partial charge in [-0.15, -0.1) is 0 Å². The molecule has 0 radical (unpaired) electrons. The van der Waals surface area contributed by atoms with Crippen molar-refractivity contribution >= 4 is 17.3 Å². The van der Waals surface area contributed by atoms with Gasteiger partial charge in [0, 0.05) is 24.3 Å². The first-order valence-corrected chi connectivity index (χ1v) is 6.80. The van der Waals surface area contributed by atoms with Gasteiger partial charge in [0.15, 0.2) is 0 Å². The number of amides is 1. The minimum atomic E-state index is 0.0238. The number of benzene rings is 2. The molecule has 0 unspecified atom stereocenters. The van der Waals surface area contributed by atoms with Crippen LogP contribution in [-0.2, 0) is 4.79 Å². The van der Waals surface area contributed by atoms with Crippen molar-refractivity contribution in [3.63, 3.8) is 0 Å². The second-order valence-corrected chi connectivity index (χ2v) is 4.96. The molecule has 1 amide bonds. The Morgan fingerprint density at radius 2 is 1.55 bits per heavy atom. The maximum absolute atomic E-state index is 11.8. The third-order valence-corrected chi connectivity index (χ3v) is 3.00. The monoisotopic (exact) mass is 268 g/mol. The van der Waals surface area contributed by atoms with Crippen molar-refractivity contribution in [2.75, 3.05) is 17.2 Å². The number of carbonyl (C=O) groups is 1. The van der Waals surface area contributed by atoms with Crippen LogP contribution in [0.1, 0.15) is 17.5 Å². The topological polar surface area (TPSA) is 41.1 Å². The van der Waals surface area contributed by atoms with Crippen molar-refractivity contribution in [2.45, 2.75) is 20.3 Å². The predicted molar refractivity (Wildman–Crippen MR) is 84.1 cm³/mol. The zero-order chi connectivity index (χ0) is 14.4. The first-order valence-electron chi connectivity index (χ1n) is 6.80. The van der Waals surface area contributed by atoms with Crippen LogP contribution in [0.2, 0.25) is 0 Å². The van der Waals surface area contributed by atoms with Gasteiger partial charge in [0.05, 0.1) is 0 Å².